The zero-order chi connectivity index (χ0) is 11.3. The number of nitrogens with zero attached hydrogens (tertiary/aromatic N) is 1. The van der Waals surface area contributed by atoms with Crippen LogP contribution in [0.25, 0.3) is 0 Å². The van der Waals surface area contributed by atoms with Crippen LogP contribution in [0, 0.1) is 6.92 Å². The maximum absolute atomic E-state index is 5.26. The fourth-order valence-corrected chi connectivity index (χ4v) is 1.34. The van der Waals surface area contributed by atoms with Gasteiger partial charge in [0.2, 0.25) is 0 Å². The van der Waals surface area contributed by atoms with Crippen molar-refractivity contribution in [3.63, 3.8) is 0 Å². The second-order valence-electron chi connectivity index (χ2n) is 3.91. The molecular weight excluding hydrogens is 188 g/mol. The Balaban J connectivity index is 2.47. The molecule has 0 radical (unpaired) electrons. The second-order valence-corrected chi connectivity index (χ2v) is 3.91. The first-order chi connectivity index (χ1) is 7.15. The van der Waals surface area contributed by atoms with Crippen molar-refractivity contribution in [3.05, 3.63) is 29.6 Å². The zero-order valence-electron chi connectivity index (χ0n) is 9.95. The number of aromatic nitrogens is 1. The van der Waals surface area contributed by atoms with Crippen LogP contribution < -0.4 is 5.32 Å². The normalized spacial score (nSPS) is 14.9. The molecule has 15 heavy (non-hydrogen) atoms. The molecular formula is C12H20N2O. The van der Waals surface area contributed by atoms with Crippen molar-refractivity contribution in [1.82, 2.24) is 10.3 Å². The minimum atomic E-state index is 0.229. The van der Waals surface area contributed by atoms with Crippen molar-refractivity contribution >= 4 is 0 Å². The fraction of sp³-hybridized carbons (Fsp3) is 0.583. The van der Waals surface area contributed by atoms with E-state index in [1.165, 1.54) is 11.1 Å². The summed E-state index contributed by atoms with van der Waals surface area (Å²) >= 11 is 0. The van der Waals surface area contributed by atoms with Gasteiger partial charge in [0.05, 0.1) is 6.10 Å². The highest BCUT2D eigenvalue weighted by Crippen LogP contribution is 2.05. The fourth-order valence-electron chi connectivity index (χ4n) is 1.34. The number of ether oxygens (including phenoxy) is 1. The van der Waals surface area contributed by atoms with Crippen molar-refractivity contribution in [2.24, 2.45) is 0 Å². The standard InChI is InChI=1S/C12H20N2O/c1-9-7-13-6-5-12(9)8-14-10(2)11(3)15-4/h5-7,10-11,14H,8H2,1-4H3. The van der Waals surface area contributed by atoms with E-state index in [0.717, 1.165) is 6.54 Å². The summed E-state index contributed by atoms with van der Waals surface area (Å²) in [5, 5.41) is 3.44. The van der Waals surface area contributed by atoms with Gasteiger partial charge in [0.1, 0.15) is 0 Å². The van der Waals surface area contributed by atoms with Crippen LogP contribution in [0.15, 0.2) is 18.5 Å². The summed E-state index contributed by atoms with van der Waals surface area (Å²) in [5.74, 6) is 0. The summed E-state index contributed by atoms with van der Waals surface area (Å²) in [6.07, 6.45) is 3.95. The third kappa shape index (κ3) is 3.61. The number of methoxy groups -OCH3 is 1. The molecule has 0 aliphatic rings. The van der Waals surface area contributed by atoms with E-state index >= 15 is 0 Å². The molecule has 0 spiro atoms. The Morgan fingerprint density at radius 3 is 2.80 bits per heavy atom. The highest BCUT2D eigenvalue weighted by atomic mass is 16.5. The van der Waals surface area contributed by atoms with Gasteiger partial charge in [-0.3, -0.25) is 4.98 Å². The maximum Gasteiger partial charge on any atom is 0.0693 e. The number of rotatable bonds is 5. The summed E-state index contributed by atoms with van der Waals surface area (Å²) in [5.41, 5.74) is 2.52. The van der Waals surface area contributed by atoms with Crippen LogP contribution in [0.5, 0.6) is 0 Å². The predicted molar refractivity (Wildman–Crippen MR) is 61.7 cm³/mol. The average Bonchev–Trinajstić information content (AvgIpc) is 2.26. The first-order valence-electron chi connectivity index (χ1n) is 5.30. The smallest absolute Gasteiger partial charge is 0.0693 e. The molecule has 0 bridgehead atoms. The summed E-state index contributed by atoms with van der Waals surface area (Å²) in [6.45, 7) is 7.14. The Kier molecular flexibility index (Phi) is 4.72. The zero-order valence-corrected chi connectivity index (χ0v) is 9.95. The Bertz CT molecular complexity index is 301. The Morgan fingerprint density at radius 2 is 2.20 bits per heavy atom. The Hall–Kier alpha value is -0.930. The van der Waals surface area contributed by atoms with Crippen LogP contribution in [0.1, 0.15) is 25.0 Å². The van der Waals surface area contributed by atoms with E-state index in [-0.39, 0.29) is 6.10 Å². The van der Waals surface area contributed by atoms with Gasteiger partial charge in [-0.25, -0.2) is 0 Å². The molecule has 0 aliphatic heterocycles. The van der Waals surface area contributed by atoms with Crippen LogP contribution in [-0.2, 0) is 11.3 Å². The summed E-state index contributed by atoms with van der Waals surface area (Å²) in [6, 6.07) is 2.40. The van der Waals surface area contributed by atoms with Gasteiger partial charge >= 0.3 is 0 Å². The largest absolute Gasteiger partial charge is 0.380 e. The first kappa shape index (κ1) is 12.1. The van der Waals surface area contributed by atoms with E-state index in [1.54, 1.807) is 7.11 Å². The molecule has 0 saturated heterocycles. The minimum Gasteiger partial charge on any atom is -0.380 e. The first-order valence-corrected chi connectivity index (χ1v) is 5.30. The van der Waals surface area contributed by atoms with Crippen LogP contribution in [0.3, 0.4) is 0 Å². The average molecular weight is 208 g/mol. The van der Waals surface area contributed by atoms with E-state index in [9.17, 15) is 0 Å². The molecule has 2 atom stereocenters. The lowest BCUT2D eigenvalue weighted by Gasteiger charge is -2.20. The topological polar surface area (TPSA) is 34.1 Å². The van der Waals surface area contributed by atoms with Gasteiger partial charge in [0.15, 0.2) is 0 Å². The molecule has 2 unspecified atom stereocenters. The molecule has 1 heterocycles. The number of hydrogen-bond acceptors (Lipinski definition) is 3. The molecule has 0 aromatic carbocycles. The van der Waals surface area contributed by atoms with Crippen LogP contribution >= 0.6 is 0 Å². The number of aryl methyl sites for hydroxylation is 1. The SMILES string of the molecule is COC(C)C(C)NCc1ccncc1C. The van der Waals surface area contributed by atoms with Gasteiger partial charge in [0.25, 0.3) is 0 Å². The summed E-state index contributed by atoms with van der Waals surface area (Å²) in [7, 11) is 1.74. The van der Waals surface area contributed by atoms with Crippen LogP contribution in [0.4, 0.5) is 0 Å². The van der Waals surface area contributed by atoms with Gasteiger partial charge < -0.3 is 10.1 Å². The van der Waals surface area contributed by atoms with Crippen LogP contribution in [0.2, 0.25) is 0 Å². The van der Waals surface area contributed by atoms with Gasteiger partial charge in [-0.15, -0.1) is 0 Å². The van der Waals surface area contributed by atoms with Gasteiger partial charge in [0, 0.05) is 32.1 Å². The lowest BCUT2D eigenvalue weighted by molar-refractivity contribution is 0.0882. The molecule has 3 heteroatoms. The molecule has 1 aromatic rings. The van der Waals surface area contributed by atoms with Crippen molar-refractivity contribution in [2.45, 2.75) is 39.5 Å². The molecule has 0 aliphatic carbocycles. The summed E-state index contributed by atoms with van der Waals surface area (Å²) in [4.78, 5) is 4.07. The van der Waals surface area contributed by atoms with Gasteiger partial charge in [-0.05, 0) is 38.0 Å². The molecule has 3 nitrogen and oxygen atoms in total. The molecule has 1 N–H and O–H groups in total. The molecule has 0 saturated carbocycles. The number of pyridine rings is 1. The van der Waals surface area contributed by atoms with E-state index in [0.29, 0.717) is 6.04 Å². The highest BCUT2D eigenvalue weighted by molar-refractivity contribution is 5.21. The van der Waals surface area contributed by atoms with Crippen molar-refractivity contribution in [2.75, 3.05) is 7.11 Å². The van der Waals surface area contributed by atoms with E-state index in [1.807, 2.05) is 18.5 Å². The van der Waals surface area contributed by atoms with E-state index in [4.69, 9.17) is 4.74 Å². The number of hydrogen-bond donors (Lipinski definition) is 1. The molecule has 0 fully saturated rings. The van der Waals surface area contributed by atoms with Crippen molar-refractivity contribution in [1.29, 1.82) is 0 Å². The monoisotopic (exact) mass is 208 g/mol. The molecule has 84 valence electrons. The molecule has 0 amide bonds. The number of nitrogens with one attached hydrogen (secondary N) is 1. The summed E-state index contributed by atoms with van der Waals surface area (Å²) < 4.78 is 5.26. The third-order valence-electron chi connectivity index (χ3n) is 2.83. The minimum absolute atomic E-state index is 0.229. The van der Waals surface area contributed by atoms with E-state index < -0.39 is 0 Å². The lowest BCUT2D eigenvalue weighted by atomic mass is 10.1. The molecule has 1 aromatic heterocycles. The van der Waals surface area contributed by atoms with Crippen molar-refractivity contribution < 1.29 is 4.74 Å². The van der Waals surface area contributed by atoms with Crippen LogP contribution in [-0.4, -0.2) is 24.2 Å². The predicted octanol–water partition coefficient (Wildman–Crippen LogP) is 1.90. The van der Waals surface area contributed by atoms with E-state index in [2.05, 4.69) is 31.1 Å². The quantitative estimate of drug-likeness (QED) is 0.802. The van der Waals surface area contributed by atoms with Crippen molar-refractivity contribution in [3.8, 4) is 0 Å². The highest BCUT2D eigenvalue weighted by Gasteiger charge is 2.10. The van der Waals surface area contributed by atoms with Gasteiger partial charge in [-0.2, -0.15) is 0 Å². The second kappa shape index (κ2) is 5.83. The third-order valence-corrected chi connectivity index (χ3v) is 2.83. The lowest BCUT2D eigenvalue weighted by Crippen LogP contribution is -2.36. The molecule has 1 rings (SSSR count). The Morgan fingerprint density at radius 1 is 1.47 bits per heavy atom. The van der Waals surface area contributed by atoms with Gasteiger partial charge in [-0.1, -0.05) is 0 Å². The maximum atomic E-state index is 5.26. The Labute approximate surface area is 91.9 Å².